The third-order valence-corrected chi connectivity index (χ3v) is 3.87. The minimum Gasteiger partial charge on any atom is -0.469 e. The minimum absolute atomic E-state index is 0.0791. The van der Waals surface area contributed by atoms with E-state index in [2.05, 4.69) is 0 Å². The van der Waals surface area contributed by atoms with Crippen LogP contribution >= 0.6 is 0 Å². The molecule has 2 rings (SSSR count). The van der Waals surface area contributed by atoms with Crippen LogP contribution in [0.4, 0.5) is 4.79 Å². The fourth-order valence-electron chi connectivity index (χ4n) is 2.62. The van der Waals surface area contributed by atoms with Crippen LogP contribution in [0, 0.1) is 11.8 Å². The predicted molar refractivity (Wildman–Crippen MR) is 77.5 cm³/mol. The van der Waals surface area contributed by atoms with Crippen molar-refractivity contribution in [3.63, 3.8) is 0 Å². The van der Waals surface area contributed by atoms with E-state index in [9.17, 15) is 9.59 Å². The highest BCUT2D eigenvalue weighted by molar-refractivity contribution is 5.73. The van der Waals surface area contributed by atoms with Crippen LogP contribution in [0.5, 0.6) is 0 Å². The molecule has 1 aromatic carbocycles. The summed E-state index contributed by atoms with van der Waals surface area (Å²) in [4.78, 5) is 25.3. The molecule has 0 radical (unpaired) electrons. The number of likely N-dealkylation sites (tertiary alicyclic amines) is 1. The van der Waals surface area contributed by atoms with Gasteiger partial charge in [-0.25, -0.2) is 4.79 Å². The molecule has 2 atom stereocenters. The molecule has 21 heavy (non-hydrogen) atoms. The second-order valence-electron chi connectivity index (χ2n) is 5.38. The van der Waals surface area contributed by atoms with E-state index in [0.717, 1.165) is 5.56 Å². The molecule has 114 valence electrons. The average Bonchev–Trinajstić information content (AvgIpc) is 2.52. The van der Waals surface area contributed by atoms with E-state index < -0.39 is 0 Å². The first-order valence-corrected chi connectivity index (χ1v) is 7.15. The molecule has 0 N–H and O–H groups in total. The van der Waals surface area contributed by atoms with Crippen LogP contribution in [0.3, 0.4) is 0 Å². The second kappa shape index (κ2) is 7.11. The zero-order valence-corrected chi connectivity index (χ0v) is 12.5. The molecule has 1 aliphatic heterocycles. The Labute approximate surface area is 124 Å². The number of hydrogen-bond acceptors (Lipinski definition) is 4. The van der Waals surface area contributed by atoms with E-state index >= 15 is 0 Å². The highest BCUT2D eigenvalue weighted by Crippen LogP contribution is 2.24. The monoisotopic (exact) mass is 291 g/mol. The first kappa shape index (κ1) is 15.4. The van der Waals surface area contributed by atoms with Gasteiger partial charge >= 0.3 is 12.1 Å². The van der Waals surface area contributed by atoms with Crippen LogP contribution in [0.2, 0.25) is 0 Å². The molecule has 5 nitrogen and oxygen atoms in total. The lowest BCUT2D eigenvalue weighted by atomic mass is 9.87. The number of amides is 1. The number of methoxy groups -OCH3 is 1. The number of piperidine rings is 1. The molecule has 5 heteroatoms. The van der Waals surface area contributed by atoms with Crippen LogP contribution in [0.25, 0.3) is 0 Å². The van der Waals surface area contributed by atoms with Gasteiger partial charge in [0.05, 0.1) is 13.0 Å². The highest BCUT2D eigenvalue weighted by Gasteiger charge is 2.34. The zero-order valence-electron chi connectivity index (χ0n) is 12.5. The van der Waals surface area contributed by atoms with E-state index in [0.29, 0.717) is 19.5 Å². The van der Waals surface area contributed by atoms with E-state index in [-0.39, 0.29) is 30.5 Å². The lowest BCUT2D eigenvalue weighted by molar-refractivity contribution is -0.149. The molecule has 0 aromatic heterocycles. The Bertz CT molecular complexity index is 488. The predicted octanol–water partition coefficient (Wildman–Crippen LogP) is 2.45. The van der Waals surface area contributed by atoms with Gasteiger partial charge in [-0.2, -0.15) is 0 Å². The fraction of sp³-hybridized carbons (Fsp3) is 0.500. The topological polar surface area (TPSA) is 55.8 Å². The first-order chi connectivity index (χ1) is 10.1. The van der Waals surface area contributed by atoms with Crippen LogP contribution in [-0.2, 0) is 20.9 Å². The largest absolute Gasteiger partial charge is 0.469 e. The SMILES string of the molecule is COC(=O)[C@H]1CCN(C(=O)OCc2ccccc2)C[C@H]1C. The Morgan fingerprint density at radius 1 is 1.29 bits per heavy atom. The summed E-state index contributed by atoms with van der Waals surface area (Å²) in [5.41, 5.74) is 0.961. The molecule has 1 amide bonds. The van der Waals surface area contributed by atoms with Gasteiger partial charge < -0.3 is 14.4 Å². The number of ether oxygens (including phenoxy) is 2. The summed E-state index contributed by atoms with van der Waals surface area (Å²) in [5, 5.41) is 0. The number of rotatable bonds is 3. The number of esters is 1. The Morgan fingerprint density at radius 3 is 2.62 bits per heavy atom. The number of carbonyl (C=O) groups excluding carboxylic acids is 2. The van der Waals surface area contributed by atoms with Gasteiger partial charge in [0.2, 0.25) is 0 Å². The third kappa shape index (κ3) is 3.97. The van der Waals surface area contributed by atoms with Crippen molar-refractivity contribution in [2.24, 2.45) is 11.8 Å². The van der Waals surface area contributed by atoms with Crippen molar-refractivity contribution in [3.8, 4) is 0 Å². The van der Waals surface area contributed by atoms with Crippen molar-refractivity contribution in [1.82, 2.24) is 4.90 Å². The molecular weight excluding hydrogens is 270 g/mol. The minimum atomic E-state index is -0.325. The summed E-state index contributed by atoms with van der Waals surface area (Å²) in [6.45, 7) is 3.27. The normalized spacial score (nSPS) is 21.7. The maximum absolute atomic E-state index is 12.1. The summed E-state index contributed by atoms with van der Waals surface area (Å²) in [6.07, 6.45) is 0.294. The van der Waals surface area contributed by atoms with Gasteiger partial charge in [-0.3, -0.25) is 4.79 Å². The lowest BCUT2D eigenvalue weighted by Crippen LogP contribution is -2.45. The summed E-state index contributed by atoms with van der Waals surface area (Å²) in [6, 6.07) is 9.57. The maximum Gasteiger partial charge on any atom is 0.410 e. The number of nitrogens with zero attached hydrogens (tertiary/aromatic N) is 1. The van der Waals surface area contributed by atoms with Crippen molar-refractivity contribution in [2.45, 2.75) is 20.0 Å². The molecule has 0 aliphatic carbocycles. The van der Waals surface area contributed by atoms with Gasteiger partial charge in [-0.1, -0.05) is 37.3 Å². The van der Waals surface area contributed by atoms with Gasteiger partial charge in [0.25, 0.3) is 0 Å². The molecule has 1 saturated heterocycles. The molecular formula is C16H21NO4. The Balaban J connectivity index is 1.83. The van der Waals surface area contributed by atoms with Gasteiger partial charge in [0.15, 0.2) is 0 Å². The van der Waals surface area contributed by atoms with E-state index in [1.807, 2.05) is 37.3 Å². The standard InChI is InChI=1S/C16H21NO4/c1-12-10-17(9-8-14(12)15(18)20-2)16(19)21-11-13-6-4-3-5-7-13/h3-7,12,14H,8-11H2,1-2H3/t12-,14+/m1/s1. The van der Waals surface area contributed by atoms with Crippen molar-refractivity contribution in [2.75, 3.05) is 20.2 Å². The lowest BCUT2D eigenvalue weighted by Gasteiger charge is -2.34. The zero-order chi connectivity index (χ0) is 15.2. The third-order valence-electron chi connectivity index (χ3n) is 3.87. The maximum atomic E-state index is 12.1. The van der Waals surface area contributed by atoms with Crippen molar-refractivity contribution >= 4 is 12.1 Å². The Kier molecular flexibility index (Phi) is 5.20. The van der Waals surface area contributed by atoms with E-state index in [1.54, 1.807) is 4.90 Å². The molecule has 0 spiro atoms. The molecule has 0 unspecified atom stereocenters. The van der Waals surface area contributed by atoms with Crippen LogP contribution in [-0.4, -0.2) is 37.2 Å². The van der Waals surface area contributed by atoms with Crippen molar-refractivity contribution < 1.29 is 19.1 Å². The number of carbonyl (C=O) groups is 2. The number of hydrogen-bond donors (Lipinski definition) is 0. The van der Waals surface area contributed by atoms with Crippen LogP contribution in [0.15, 0.2) is 30.3 Å². The van der Waals surface area contributed by atoms with Gasteiger partial charge in [-0.15, -0.1) is 0 Å². The summed E-state index contributed by atoms with van der Waals surface area (Å²) >= 11 is 0. The molecule has 1 heterocycles. The molecule has 1 aromatic rings. The first-order valence-electron chi connectivity index (χ1n) is 7.15. The van der Waals surface area contributed by atoms with Gasteiger partial charge in [0.1, 0.15) is 6.61 Å². The smallest absolute Gasteiger partial charge is 0.410 e. The summed E-state index contributed by atoms with van der Waals surface area (Å²) in [5.74, 6) is -0.247. The van der Waals surface area contributed by atoms with E-state index in [4.69, 9.17) is 9.47 Å². The molecule has 0 saturated carbocycles. The fourth-order valence-corrected chi connectivity index (χ4v) is 2.62. The Hall–Kier alpha value is -2.04. The van der Waals surface area contributed by atoms with E-state index in [1.165, 1.54) is 7.11 Å². The molecule has 0 bridgehead atoms. The highest BCUT2D eigenvalue weighted by atomic mass is 16.6. The average molecular weight is 291 g/mol. The van der Waals surface area contributed by atoms with Gasteiger partial charge in [0, 0.05) is 13.1 Å². The quantitative estimate of drug-likeness (QED) is 0.803. The second-order valence-corrected chi connectivity index (χ2v) is 5.38. The van der Waals surface area contributed by atoms with Crippen molar-refractivity contribution in [1.29, 1.82) is 0 Å². The van der Waals surface area contributed by atoms with Gasteiger partial charge in [-0.05, 0) is 17.9 Å². The summed E-state index contributed by atoms with van der Waals surface area (Å²) < 4.78 is 10.1. The summed E-state index contributed by atoms with van der Waals surface area (Å²) in [7, 11) is 1.40. The number of benzene rings is 1. The molecule has 1 fully saturated rings. The molecule has 1 aliphatic rings. The Morgan fingerprint density at radius 2 is 2.00 bits per heavy atom. The van der Waals surface area contributed by atoms with Crippen LogP contribution in [0.1, 0.15) is 18.9 Å². The van der Waals surface area contributed by atoms with Crippen LogP contribution < -0.4 is 0 Å². The van der Waals surface area contributed by atoms with Crippen molar-refractivity contribution in [3.05, 3.63) is 35.9 Å².